The number of anilines is 1. The van der Waals surface area contributed by atoms with Gasteiger partial charge in [0.2, 0.25) is 5.91 Å². The minimum Gasteiger partial charge on any atom is -0.465 e. The number of methoxy groups -OCH3 is 1. The number of amides is 1. The van der Waals surface area contributed by atoms with Crippen LogP contribution >= 0.6 is 22.9 Å². The number of para-hydroxylation sites is 1. The second-order valence-corrected chi connectivity index (χ2v) is 5.75. The monoisotopic (exact) mass is 321 g/mol. The van der Waals surface area contributed by atoms with E-state index < -0.39 is 5.97 Å². The van der Waals surface area contributed by atoms with Crippen LogP contribution in [0.25, 0.3) is 6.08 Å². The number of nitrogens with one attached hydrogen (secondary N) is 1. The van der Waals surface area contributed by atoms with Gasteiger partial charge in [-0.1, -0.05) is 23.7 Å². The molecule has 108 valence electrons. The maximum Gasteiger partial charge on any atom is 0.339 e. The highest BCUT2D eigenvalue weighted by Gasteiger charge is 2.11. The molecule has 0 radical (unpaired) electrons. The van der Waals surface area contributed by atoms with E-state index in [1.165, 1.54) is 24.5 Å². The maximum atomic E-state index is 11.9. The molecule has 2 aromatic rings. The number of benzene rings is 1. The van der Waals surface area contributed by atoms with Crippen LogP contribution in [0.4, 0.5) is 5.69 Å². The van der Waals surface area contributed by atoms with Gasteiger partial charge in [-0.25, -0.2) is 4.79 Å². The molecule has 0 aliphatic carbocycles. The lowest BCUT2D eigenvalue weighted by Crippen LogP contribution is -2.12. The van der Waals surface area contributed by atoms with Crippen LogP contribution in [0.5, 0.6) is 0 Å². The van der Waals surface area contributed by atoms with E-state index in [9.17, 15) is 9.59 Å². The van der Waals surface area contributed by atoms with Crippen molar-refractivity contribution < 1.29 is 14.3 Å². The van der Waals surface area contributed by atoms with E-state index in [4.69, 9.17) is 11.6 Å². The number of hydrogen-bond acceptors (Lipinski definition) is 4. The van der Waals surface area contributed by atoms with Crippen molar-refractivity contribution in [2.75, 3.05) is 12.4 Å². The predicted octanol–water partition coefficient (Wildman–Crippen LogP) is 3.84. The maximum absolute atomic E-state index is 11.9. The fraction of sp³-hybridized carbons (Fsp3) is 0.0667. The third kappa shape index (κ3) is 4.18. The van der Waals surface area contributed by atoms with Gasteiger partial charge in [0.15, 0.2) is 0 Å². The largest absolute Gasteiger partial charge is 0.465 e. The summed E-state index contributed by atoms with van der Waals surface area (Å²) < 4.78 is 5.33. The summed E-state index contributed by atoms with van der Waals surface area (Å²) >= 11 is 7.18. The fourth-order valence-electron chi connectivity index (χ4n) is 1.63. The first kappa shape index (κ1) is 15.3. The Kier molecular flexibility index (Phi) is 5.14. The van der Waals surface area contributed by atoms with E-state index in [2.05, 4.69) is 10.1 Å². The molecule has 0 saturated carbocycles. The Labute approximate surface area is 131 Å². The van der Waals surface area contributed by atoms with Crippen molar-refractivity contribution in [3.05, 3.63) is 57.3 Å². The van der Waals surface area contributed by atoms with Gasteiger partial charge in [0.05, 0.1) is 22.7 Å². The van der Waals surface area contributed by atoms with Crippen molar-refractivity contribution in [3.8, 4) is 0 Å². The summed E-state index contributed by atoms with van der Waals surface area (Å²) in [6.45, 7) is 0. The number of rotatable bonds is 4. The number of esters is 1. The van der Waals surface area contributed by atoms with Crippen LogP contribution in [-0.4, -0.2) is 19.0 Å². The molecule has 1 N–H and O–H groups in total. The molecule has 4 nitrogen and oxygen atoms in total. The number of carbonyl (C=O) groups excluding carboxylic acids is 2. The Morgan fingerprint density at radius 2 is 2.00 bits per heavy atom. The lowest BCUT2D eigenvalue weighted by Gasteiger charge is -2.07. The van der Waals surface area contributed by atoms with E-state index in [1.54, 1.807) is 36.4 Å². The zero-order valence-electron chi connectivity index (χ0n) is 11.1. The number of hydrogen-bond donors (Lipinski definition) is 1. The molecule has 0 aliphatic rings. The third-order valence-electron chi connectivity index (χ3n) is 2.58. The van der Waals surface area contributed by atoms with Crippen LogP contribution in [0.1, 0.15) is 15.2 Å². The van der Waals surface area contributed by atoms with Crippen LogP contribution < -0.4 is 5.32 Å². The molecule has 1 heterocycles. The second kappa shape index (κ2) is 7.06. The van der Waals surface area contributed by atoms with Crippen LogP contribution in [0.2, 0.25) is 4.34 Å². The number of ether oxygens (including phenoxy) is 1. The molecule has 1 amide bonds. The van der Waals surface area contributed by atoms with Crippen LogP contribution in [0, 0.1) is 0 Å². The van der Waals surface area contributed by atoms with Crippen molar-refractivity contribution in [1.82, 2.24) is 0 Å². The molecule has 2 rings (SSSR count). The minimum absolute atomic E-state index is 0.306. The number of thiophene rings is 1. The molecule has 0 spiro atoms. The predicted molar refractivity (Wildman–Crippen MR) is 84.8 cm³/mol. The Hall–Kier alpha value is -2.11. The van der Waals surface area contributed by atoms with Crippen molar-refractivity contribution >= 4 is 46.6 Å². The van der Waals surface area contributed by atoms with Gasteiger partial charge in [-0.3, -0.25) is 4.79 Å². The van der Waals surface area contributed by atoms with Gasteiger partial charge in [-0.15, -0.1) is 11.3 Å². The molecule has 0 unspecified atom stereocenters. The van der Waals surface area contributed by atoms with E-state index in [-0.39, 0.29) is 5.91 Å². The molecule has 0 fully saturated rings. The molecule has 0 bridgehead atoms. The molecule has 21 heavy (non-hydrogen) atoms. The minimum atomic E-state index is -0.500. The quantitative estimate of drug-likeness (QED) is 0.687. The lowest BCUT2D eigenvalue weighted by atomic mass is 10.2. The summed E-state index contributed by atoms with van der Waals surface area (Å²) in [5.74, 6) is -0.837. The summed E-state index contributed by atoms with van der Waals surface area (Å²) in [5.41, 5.74) is 0.712. The first-order valence-corrected chi connectivity index (χ1v) is 7.21. The average Bonchev–Trinajstić information content (AvgIpc) is 2.90. The average molecular weight is 322 g/mol. The SMILES string of the molecule is COC(=O)c1ccccc1NC(=O)/C=C/c1ccc(Cl)s1. The summed E-state index contributed by atoms with van der Waals surface area (Å²) in [5, 5.41) is 2.65. The first-order valence-electron chi connectivity index (χ1n) is 6.02. The number of halogens is 1. The molecule has 0 atom stereocenters. The Balaban J connectivity index is 2.09. The van der Waals surface area contributed by atoms with Crippen molar-refractivity contribution in [2.24, 2.45) is 0 Å². The Morgan fingerprint density at radius 1 is 1.24 bits per heavy atom. The third-order valence-corrected chi connectivity index (χ3v) is 3.78. The summed E-state index contributed by atoms with van der Waals surface area (Å²) in [4.78, 5) is 24.3. The Morgan fingerprint density at radius 3 is 2.67 bits per heavy atom. The zero-order chi connectivity index (χ0) is 15.2. The highest BCUT2D eigenvalue weighted by molar-refractivity contribution is 7.17. The Bertz CT molecular complexity index is 694. The molecular weight excluding hydrogens is 310 g/mol. The van der Waals surface area contributed by atoms with Gasteiger partial charge in [-0.05, 0) is 30.3 Å². The standard InChI is InChI=1S/C15H12ClNO3S/c1-20-15(19)11-4-2-3-5-12(11)17-14(18)9-7-10-6-8-13(16)21-10/h2-9H,1H3,(H,17,18)/b9-7+. The van der Waals surface area contributed by atoms with Gasteiger partial charge in [-0.2, -0.15) is 0 Å². The van der Waals surface area contributed by atoms with Crippen molar-refractivity contribution in [3.63, 3.8) is 0 Å². The normalized spacial score (nSPS) is 10.6. The van der Waals surface area contributed by atoms with Crippen LogP contribution in [0.15, 0.2) is 42.5 Å². The fourth-order valence-corrected chi connectivity index (χ4v) is 2.59. The second-order valence-electron chi connectivity index (χ2n) is 4.00. The molecular formula is C15H12ClNO3S. The topological polar surface area (TPSA) is 55.4 Å². The first-order chi connectivity index (χ1) is 10.1. The van der Waals surface area contributed by atoms with Gasteiger partial charge < -0.3 is 10.1 Å². The van der Waals surface area contributed by atoms with Gasteiger partial charge in [0, 0.05) is 11.0 Å². The smallest absolute Gasteiger partial charge is 0.339 e. The summed E-state index contributed by atoms with van der Waals surface area (Å²) in [6.07, 6.45) is 3.04. The lowest BCUT2D eigenvalue weighted by molar-refractivity contribution is -0.111. The van der Waals surface area contributed by atoms with Gasteiger partial charge in [0.25, 0.3) is 0 Å². The molecule has 1 aromatic carbocycles. The van der Waals surface area contributed by atoms with Gasteiger partial charge >= 0.3 is 5.97 Å². The molecule has 1 aromatic heterocycles. The van der Waals surface area contributed by atoms with E-state index in [0.29, 0.717) is 15.6 Å². The highest BCUT2D eigenvalue weighted by Crippen LogP contribution is 2.22. The van der Waals surface area contributed by atoms with Crippen LogP contribution in [-0.2, 0) is 9.53 Å². The van der Waals surface area contributed by atoms with Gasteiger partial charge in [0.1, 0.15) is 0 Å². The van der Waals surface area contributed by atoms with Crippen molar-refractivity contribution in [1.29, 1.82) is 0 Å². The van der Waals surface area contributed by atoms with E-state index >= 15 is 0 Å². The molecule has 6 heteroatoms. The highest BCUT2D eigenvalue weighted by atomic mass is 35.5. The van der Waals surface area contributed by atoms with E-state index in [0.717, 1.165) is 4.88 Å². The molecule has 0 aliphatic heterocycles. The number of carbonyl (C=O) groups is 2. The summed E-state index contributed by atoms with van der Waals surface area (Å²) in [6, 6.07) is 10.2. The van der Waals surface area contributed by atoms with E-state index in [1.807, 2.05) is 6.07 Å². The summed E-state index contributed by atoms with van der Waals surface area (Å²) in [7, 11) is 1.29. The van der Waals surface area contributed by atoms with Crippen molar-refractivity contribution in [2.45, 2.75) is 0 Å². The molecule has 0 saturated heterocycles. The zero-order valence-corrected chi connectivity index (χ0v) is 12.7. The van der Waals surface area contributed by atoms with Crippen LogP contribution in [0.3, 0.4) is 0 Å².